The minimum atomic E-state index is -1.03. The molecule has 190 valence electrons. The third kappa shape index (κ3) is 7.21. The molecule has 0 heterocycles. The van der Waals surface area contributed by atoms with Crippen molar-refractivity contribution < 1.29 is 24.2 Å². The van der Waals surface area contributed by atoms with Crippen molar-refractivity contribution in [2.24, 2.45) is 0 Å². The highest BCUT2D eigenvalue weighted by Gasteiger charge is 2.32. The number of aromatic hydroxyl groups is 1. The van der Waals surface area contributed by atoms with E-state index in [4.69, 9.17) is 4.74 Å². The number of phenols is 1. The molecule has 0 saturated carbocycles. The zero-order valence-electron chi connectivity index (χ0n) is 21.1. The second-order valence-corrected chi connectivity index (χ2v) is 9.49. The smallest absolute Gasteiger partial charge is 0.408 e. The van der Waals surface area contributed by atoms with Crippen molar-refractivity contribution >= 4 is 34.4 Å². The molecule has 0 aliphatic rings. The lowest BCUT2D eigenvalue weighted by molar-refractivity contribution is -0.138. The van der Waals surface area contributed by atoms with E-state index >= 15 is 0 Å². The van der Waals surface area contributed by atoms with Gasteiger partial charge in [0.25, 0.3) is 5.91 Å². The second kappa shape index (κ2) is 11.6. The van der Waals surface area contributed by atoms with Crippen LogP contribution in [0.15, 0.2) is 66.7 Å². The predicted molar refractivity (Wildman–Crippen MR) is 140 cm³/mol. The number of benzene rings is 3. The van der Waals surface area contributed by atoms with Crippen molar-refractivity contribution in [1.29, 1.82) is 0 Å². The standard InChI is InChI=1S/C28H33N3O5/c1-5-15-31(24(33)18-29-27(35)36-28(2,3)4)25(21-11-8-12-23(32)17-21)26(34)30-22-14-13-19-9-6-7-10-20(19)16-22/h6-14,16-17,25,32H,5,15,18H2,1-4H3,(H,29,35)(H,30,34). The van der Waals surface area contributed by atoms with Crippen LogP contribution in [0.25, 0.3) is 10.8 Å². The van der Waals surface area contributed by atoms with Crippen LogP contribution < -0.4 is 10.6 Å². The van der Waals surface area contributed by atoms with Gasteiger partial charge in [0.2, 0.25) is 5.91 Å². The van der Waals surface area contributed by atoms with Gasteiger partial charge in [-0.2, -0.15) is 0 Å². The highest BCUT2D eigenvalue weighted by Crippen LogP contribution is 2.27. The quantitative estimate of drug-likeness (QED) is 0.412. The molecule has 3 amide bonds. The summed E-state index contributed by atoms with van der Waals surface area (Å²) in [5.41, 5.74) is 0.326. The van der Waals surface area contributed by atoms with Crippen LogP contribution in [0, 0.1) is 0 Å². The number of carbonyl (C=O) groups excluding carboxylic acids is 3. The maximum absolute atomic E-state index is 13.6. The Bertz CT molecular complexity index is 1240. The van der Waals surface area contributed by atoms with Crippen molar-refractivity contribution in [3.8, 4) is 5.75 Å². The molecule has 0 fully saturated rings. The van der Waals surface area contributed by atoms with Crippen molar-refractivity contribution in [1.82, 2.24) is 10.2 Å². The summed E-state index contributed by atoms with van der Waals surface area (Å²) in [4.78, 5) is 40.4. The summed E-state index contributed by atoms with van der Waals surface area (Å²) >= 11 is 0. The SMILES string of the molecule is CCCN(C(=O)CNC(=O)OC(C)(C)C)C(C(=O)Nc1ccc2ccccc2c1)c1cccc(O)c1. The van der Waals surface area contributed by atoms with Crippen LogP contribution in [-0.4, -0.2) is 46.6 Å². The van der Waals surface area contributed by atoms with E-state index in [2.05, 4.69) is 10.6 Å². The third-order valence-electron chi connectivity index (χ3n) is 5.33. The second-order valence-electron chi connectivity index (χ2n) is 9.49. The Hall–Kier alpha value is -4.07. The zero-order chi connectivity index (χ0) is 26.3. The number of carbonyl (C=O) groups is 3. The maximum Gasteiger partial charge on any atom is 0.408 e. The number of phenolic OH excluding ortho intramolecular Hbond substituents is 1. The van der Waals surface area contributed by atoms with E-state index in [0.717, 1.165) is 10.8 Å². The Labute approximate surface area is 211 Å². The van der Waals surface area contributed by atoms with Crippen molar-refractivity contribution in [2.75, 3.05) is 18.4 Å². The first kappa shape index (κ1) is 26.5. The van der Waals surface area contributed by atoms with Gasteiger partial charge in [0, 0.05) is 12.2 Å². The topological polar surface area (TPSA) is 108 Å². The Morgan fingerprint density at radius 1 is 0.972 bits per heavy atom. The van der Waals surface area contributed by atoms with E-state index in [-0.39, 0.29) is 18.8 Å². The first-order valence-electron chi connectivity index (χ1n) is 11.9. The van der Waals surface area contributed by atoms with Gasteiger partial charge in [-0.15, -0.1) is 0 Å². The molecule has 0 radical (unpaired) electrons. The molecule has 0 aromatic heterocycles. The van der Waals surface area contributed by atoms with Gasteiger partial charge in [0.1, 0.15) is 23.9 Å². The van der Waals surface area contributed by atoms with Gasteiger partial charge >= 0.3 is 6.09 Å². The Balaban J connectivity index is 1.88. The van der Waals surface area contributed by atoms with Crippen molar-refractivity contribution in [2.45, 2.75) is 45.8 Å². The van der Waals surface area contributed by atoms with Crippen LogP contribution in [-0.2, 0) is 14.3 Å². The summed E-state index contributed by atoms with van der Waals surface area (Å²) in [6.45, 7) is 7.00. The average Bonchev–Trinajstić information content (AvgIpc) is 2.81. The fourth-order valence-corrected chi connectivity index (χ4v) is 3.85. The summed E-state index contributed by atoms with van der Waals surface area (Å²) in [5.74, 6) is -0.911. The number of nitrogens with zero attached hydrogens (tertiary/aromatic N) is 1. The van der Waals surface area contributed by atoms with Crippen LogP contribution in [0.3, 0.4) is 0 Å². The summed E-state index contributed by atoms with van der Waals surface area (Å²) in [5, 5.41) is 17.5. The molecule has 3 rings (SSSR count). The lowest BCUT2D eigenvalue weighted by Crippen LogP contribution is -2.46. The molecule has 0 aliphatic heterocycles. The molecule has 36 heavy (non-hydrogen) atoms. The number of fused-ring (bicyclic) bond motifs is 1. The molecular formula is C28H33N3O5. The van der Waals surface area contributed by atoms with E-state index < -0.39 is 29.6 Å². The van der Waals surface area contributed by atoms with Gasteiger partial charge in [0.15, 0.2) is 0 Å². The van der Waals surface area contributed by atoms with Gasteiger partial charge in [-0.25, -0.2) is 4.79 Å². The van der Waals surface area contributed by atoms with Gasteiger partial charge in [-0.1, -0.05) is 49.4 Å². The summed E-state index contributed by atoms with van der Waals surface area (Å²) in [6, 6.07) is 18.6. The number of alkyl carbamates (subject to hydrolysis) is 1. The third-order valence-corrected chi connectivity index (χ3v) is 5.33. The largest absolute Gasteiger partial charge is 0.508 e. The molecule has 8 nitrogen and oxygen atoms in total. The van der Waals surface area contributed by atoms with Crippen LogP contribution >= 0.6 is 0 Å². The molecule has 8 heteroatoms. The van der Waals surface area contributed by atoms with Gasteiger partial charge in [-0.3, -0.25) is 9.59 Å². The fourth-order valence-electron chi connectivity index (χ4n) is 3.85. The number of amides is 3. The predicted octanol–water partition coefficient (Wildman–Crippen LogP) is 4.99. The van der Waals surface area contributed by atoms with Crippen LogP contribution in [0.5, 0.6) is 5.75 Å². The lowest BCUT2D eigenvalue weighted by atomic mass is 10.0. The number of hydrogen-bond acceptors (Lipinski definition) is 5. The number of hydrogen-bond donors (Lipinski definition) is 3. The van der Waals surface area contributed by atoms with Crippen LogP contribution in [0.2, 0.25) is 0 Å². The first-order chi connectivity index (χ1) is 17.1. The highest BCUT2D eigenvalue weighted by molar-refractivity contribution is 6.00. The van der Waals surface area contributed by atoms with Gasteiger partial charge in [0.05, 0.1) is 0 Å². The van der Waals surface area contributed by atoms with E-state index in [1.807, 2.05) is 43.3 Å². The van der Waals surface area contributed by atoms with E-state index in [1.54, 1.807) is 39.0 Å². The van der Waals surface area contributed by atoms with E-state index in [9.17, 15) is 19.5 Å². The molecule has 0 aliphatic carbocycles. The molecular weight excluding hydrogens is 458 g/mol. The molecule has 0 bridgehead atoms. The molecule has 1 unspecified atom stereocenters. The summed E-state index contributed by atoms with van der Waals surface area (Å²) in [6.07, 6.45) is -0.140. The Kier molecular flexibility index (Phi) is 8.53. The summed E-state index contributed by atoms with van der Waals surface area (Å²) in [7, 11) is 0. The van der Waals surface area contributed by atoms with Gasteiger partial charge < -0.3 is 25.4 Å². The molecule has 0 spiro atoms. The number of anilines is 1. The molecule has 0 saturated heterocycles. The van der Waals surface area contributed by atoms with E-state index in [1.165, 1.54) is 17.0 Å². The van der Waals surface area contributed by atoms with E-state index in [0.29, 0.717) is 17.7 Å². The van der Waals surface area contributed by atoms with Gasteiger partial charge in [-0.05, 0) is 67.8 Å². The van der Waals surface area contributed by atoms with Crippen LogP contribution in [0.1, 0.15) is 45.7 Å². The Morgan fingerprint density at radius 3 is 2.36 bits per heavy atom. The summed E-state index contributed by atoms with van der Waals surface area (Å²) < 4.78 is 5.22. The number of nitrogens with one attached hydrogen (secondary N) is 2. The lowest BCUT2D eigenvalue weighted by Gasteiger charge is -2.31. The molecule has 3 N–H and O–H groups in total. The molecule has 1 atom stereocenters. The molecule has 3 aromatic rings. The molecule has 3 aromatic carbocycles. The number of ether oxygens (including phenoxy) is 1. The van der Waals surface area contributed by atoms with Crippen molar-refractivity contribution in [3.63, 3.8) is 0 Å². The minimum absolute atomic E-state index is 0.0215. The highest BCUT2D eigenvalue weighted by atomic mass is 16.6. The monoisotopic (exact) mass is 491 g/mol. The Morgan fingerprint density at radius 2 is 1.69 bits per heavy atom. The zero-order valence-corrected chi connectivity index (χ0v) is 21.1. The minimum Gasteiger partial charge on any atom is -0.508 e. The average molecular weight is 492 g/mol. The van der Waals surface area contributed by atoms with Crippen molar-refractivity contribution in [3.05, 3.63) is 72.3 Å². The normalized spacial score (nSPS) is 12.0. The number of rotatable bonds is 8. The fraction of sp³-hybridized carbons (Fsp3) is 0.321. The van der Waals surface area contributed by atoms with Crippen LogP contribution in [0.4, 0.5) is 10.5 Å². The first-order valence-corrected chi connectivity index (χ1v) is 11.9. The maximum atomic E-state index is 13.6.